The molecule has 0 aliphatic rings. The molecule has 0 bridgehead atoms. The van der Waals surface area contributed by atoms with E-state index in [9.17, 15) is 12.8 Å². The molecule has 3 N–H and O–H groups in total. The van der Waals surface area contributed by atoms with Gasteiger partial charge in [0.2, 0.25) is 0 Å². The number of halogens is 1. The molecule has 1 aromatic carbocycles. The van der Waals surface area contributed by atoms with E-state index in [2.05, 4.69) is 9.71 Å². The molecule has 20 heavy (non-hydrogen) atoms. The molecule has 5 nitrogen and oxygen atoms in total. The van der Waals surface area contributed by atoms with Crippen molar-refractivity contribution in [1.29, 1.82) is 0 Å². The SMILES string of the molecule is Cc1csc(NS(=O)(=O)c2c(C)cc(F)c(N)c2C)n1. The molecule has 0 saturated carbocycles. The van der Waals surface area contributed by atoms with Crippen molar-refractivity contribution in [1.82, 2.24) is 4.98 Å². The fraction of sp³-hybridized carbons (Fsp3) is 0.250. The van der Waals surface area contributed by atoms with Crippen LogP contribution in [0.1, 0.15) is 16.8 Å². The monoisotopic (exact) mass is 315 g/mol. The third-order valence-electron chi connectivity index (χ3n) is 2.81. The molecule has 0 saturated heterocycles. The summed E-state index contributed by atoms with van der Waals surface area (Å²) in [6, 6.07) is 1.12. The van der Waals surface area contributed by atoms with E-state index in [0.29, 0.717) is 5.56 Å². The molecule has 2 aromatic rings. The summed E-state index contributed by atoms with van der Waals surface area (Å²) in [5.41, 5.74) is 6.63. The molecule has 0 aliphatic carbocycles. The van der Waals surface area contributed by atoms with Gasteiger partial charge >= 0.3 is 0 Å². The number of aryl methyl sites for hydroxylation is 2. The fourth-order valence-corrected chi connectivity index (χ4v) is 4.34. The minimum atomic E-state index is -3.85. The predicted molar refractivity (Wildman–Crippen MR) is 77.9 cm³/mol. The van der Waals surface area contributed by atoms with Crippen LogP contribution < -0.4 is 10.5 Å². The zero-order valence-electron chi connectivity index (χ0n) is 11.2. The molecule has 0 spiro atoms. The third kappa shape index (κ3) is 2.61. The highest BCUT2D eigenvalue weighted by Gasteiger charge is 2.23. The Hall–Kier alpha value is -1.67. The van der Waals surface area contributed by atoms with Crippen LogP contribution in [0.4, 0.5) is 15.2 Å². The molecule has 1 aromatic heterocycles. The first kappa shape index (κ1) is 14.7. The lowest BCUT2D eigenvalue weighted by molar-refractivity contribution is 0.598. The van der Waals surface area contributed by atoms with Crippen molar-refractivity contribution in [2.75, 3.05) is 10.5 Å². The Balaban J connectivity index is 2.52. The quantitative estimate of drug-likeness (QED) is 0.853. The number of nitrogens with one attached hydrogen (secondary N) is 1. The number of hydrogen-bond acceptors (Lipinski definition) is 5. The molecule has 108 valence electrons. The van der Waals surface area contributed by atoms with Gasteiger partial charge in [0.1, 0.15) is 5.82 Å². The van der Waals surface area contributed by atoms with Gasteiger partial charge in [-0.1, -0.05) is 0 Å². The number of nitrogens with zero attached hydrogens (tertiary/aromatic N) is 1. The van der Waals surface area contributed by atoms with Gasteiger partial charge in [-0.25, -0.2) is 17.8 Å². The van der Waals surface area contributed by atoms with E-state index in [1.165, 1.54) is 25.2 Å². The van der Waals surface area contributed by atoms with Crippen molar-refractivity contribution in [3.8, 4) is 0 Å². The number of nitrogen functional groups attached to an aromatic ring is 1. The van der Waals surface area contributed by atoms with E-state index in [1.807, 2.05) is 0 Å². The maximum absolute atomic E-state index is 13.5. The maximum atomic E-state index is 13.5. The molecule has 0 aliphatic heterocycles. The summed E-state index contributed by atoms with van der Waals surface area (Å²) >= 11 is 1.18. The number of benzene rings is 1. The van der Waals surface area contributed by atoms with E-state index >= 15 is 0 Å². The van der Waals surface area contributed by atoms with E-state index in [1.54, 1.807) is 12.3 Å². The normalized spacial score (nSPS) is 11.6. The van der Waals surface area contributed by atoms with Crippen LogP contribution in [0.25, 0.3) is 0 Å². The third-order valence-corrected chi connectivity index (χ3v) is 5.45. The second kappa shape index (κ2) is 5.02. The number of rotatable bonds is 3. The molecule has 0 fully saturated rings. The van der Waals surface area contributed by atoms with Crippen molar-refractivity contribution in [2.24, 2.45) is 0 Å². The van der Waals surface area contributed by atoms with Gasteiger partial charge in [-0.2, -0.15) is 0 Å². The standard InChI is InChI=1S/C12H14FN3O2S2/c1-6-4-9(13)10(14)8(3)11(6)20(17,18)16-12-15-7(2)5-19-12/h4-5H,14H2,1-3H3,(H,15,16). The van der Waals surface area contributed by atoms with E-state index in [0.717, 1.165) is 11.8 Å². The smallest absolute Gasteiger partial charge is 0.264 e. The summed E-state index contributed by atoms with van der Waals surface area (Å²) in [5, 5.41) is 2.00. The van der Waals surface area contributed by atoms with Gasteiger partial charge < -0.3 is 5.73 Å². The largest absolute Gasteiger partial charge is 0.396 e. The number of thiazole rings is 1. The van der Waals surface area contributed by atoms with Crippen LogP contribution in [0.2, 0.25) is 0 Å². The zero-order valence-corrected chi connectivity index (χ0v) is 12.8. The average Bonchev–Trinajstić information content (AvgIpc) is 2.70. The Kier molecular flexibility index (Phi) is 3.70. The van der Waals surface area contributed by atoms with Gasteiger partial charge in [0.25, 0.3) is 10.0 Å². The first-order valence-electron chi connectivity index (χ1n) is 5.72. The number of aromatic nitrogens is 1. The van der Waals surface area contributed by atoms with Gasteiger partial charge in [-0.15, -0.1) is 11.3 Å². The van der Waals surface area contributed by atoms with Crippen LogP contribution in [0.15, 0.2) is 16.3 Å². The first-order chi connectivity index (χ1) is 9.22. The van der Waals surface area contributed by atoms with Gasteiger partial charge in [0.05, 0.1) is 16.3 Å². The second-order valence-electron chi connectivity index (χ2n) is 4.44. The molecular weight excluding hydrogens is 301 g/mol. The van der Waals surface area contributed by atoms with Crippen molar-refractivity contribution in [3.05, 3.63) is 34.1 Å². The fourth-order valence-electron chi connectivity index (χ4n) is 1.91. The zero-order chi connectivity index (χ0) is 15.1. The Morgan fingerprint density at radius 2 is 2.00 bits per heavy atom. The Labute approximate surface area is 120 Å². The van der Waals surface area contributed by atoms with Crippen molar-refractivity contribution in [3.63, 3.8) is 0 Å². The summed E-state index contributed by atoms with van der Waals surface area (Å²) in [4.78, 5) is 4.03. The van der Waals surface area contributed by atoms with Crippen LogP contribution in [0.3, 0.4) is 0 Å². The lowest BCUT2D eigenvalue weighted by Crippen LogP contribution is -2.17. The molecule has 0 amide bonds. The molecule has 0 atom stereocenters. The summed E-state index contributed by atoms with van der Waals surface area (Å²) in [7, 11) is -3.85. The van der Waals surface area contributed by atoms with Crippen molar-refractivity contribution < 1.29 is 12.8 Å². The Morgan fingerprint density at radius 3 is 2.55 bits per heavy atom. The summed E-state index contributed by atoms with van der Waals surface area (Å²) in [6.07, 6.45) is 0. The summed E-state index contributed by atoms with van der Waals surface area (Å²) in [6.45, 7) is 4.77. The lowest BCUT2D eigenvalue weighted by atomic mass is 10.1. The molecule has 0 unspecified atom stereocenters. The number of hydrogen-bond donors (Lipinski definition) is 2. The highest BCUT2D eigenvalue weighted by Crippen LogP contribution is 2.29. The summed E-state index contributed by atoms with van der Waals surface area (Å²) < 4.78 is 40.7. The first-order valence-corrected chi connectivity index (χ1v) is 8.09. The molecular formula is C12H14FN3O2S2. The number of anilines is 2. The second-order valence-corrected chi connectivity index (χ2v) is 6.92. The molecule has 1 heterocycles. The molecule has 8 heteroatoms. The Bertz CT molecular complexity index is 769. The minimum Gasteiger partial charge on any atom is -0.396 e. The molecule has 2 rings (SSSR count). The summed E-state index contributed by atoms with van der Waals surface area (Å²) in [5.74, 6) is -0.621. The van der Waals surface area contributed by atoms with Crippen LogP contribution >= 0.6 is 11.3 Å². The maximum Gasteiger partial charge on any atom is 0.264 e. The number of nitrogens with two attached hydrogens (primary N) is 1. The van der Waals surface area contributed by atoms with Gasteiger partial charge in [0, 0.05) is 5.38 Å². The van der Waals surface area contributed by atoms with Crippen LogP contribution in [0, 0.1) is 26.6 Å². The van der Waals surface area contributed by atoms with Crippen LogP contribution in [-0.2, 0) is 10.0 Å². The van der Waals surface area contributed by atoms with Gasteiger partial charge in [0.15, 0.2) is 5.13 Å². The predicted octanol–water partition coefficient (Wildman–Crippen LogP) is 2.59. The highest BCUT2D eigenvalue weighted by molar-refractivity contribution is 7.93. The minimum absolute atomic E-state index is 0.00995. The Morgan fingerprint density at radius 1 is 1.35 bits per heavy atom. The van der Waals surface area contributed by atoms with Gasteiger partial charge in [-0.3, -0.25) is 4.72 Å². The highest BCUT2D eigenvalue weighted by atomic mass is 32.2. The van der Waals surface area contributed by atoms with Crippen LogP contribution in [0.5, 0.6) is 0 Å². The van der Waals surface area contributed by atoms with E-state index in [-0.39, 0.29) is 21.3 Å². The van der Waals surface area contributed by atoms with E-state index < -0.39 is 15.8 Å². The van der Waals surface area contributed by atoms with Gasteiger partial charge in [-0.05, 0) is 38.0 Å². The molecule has 0 radical (unpaired) electrons. The van der Waals surface area contributed by atoms with E-state index in [4.69, 9.17) is 5.73 Å². The van der Waals surface area contributed by atoms with Crippen LogP contribution in [-0.4, -0.2) is 13.4 Å². The lowest BCUT2D eigenvalue weighted by Gasteiger charge is -2.13. The van der Waals surface area contributed by atoms with Crippen molar-refractivity contribution >= 4 is 32.2 Å². The average molecular weight is 315 g/mol. The number of sulfonamides is 1. The van der Waals surface area contributed by atoms with Crippen molar-refractivity contribution in [2.45, 2.75) is 25.7 Å². The topological polar surface area (TPSA) is 85.1 Å².